The lowest BCUT2D eigenvalue weighted by Gasteiger charge is -2.32. The van der Waals surface area contributed by atoms with Crippen molar-refractivity contribution in [1.29, 1.82) is 0 Å². The van der Waals surface area contributed by atoms with Crippen LogP contribution in [0.25, 0.3) is 0 Å². The first kappa shape index (κ1) is 22.8. The molecule has 5 nitrogen and oxygen atoms in total. The summed E-state index contributed by atoms with van der Waals surface area (Å²) in [7, 11) is 0. The van der Waals surface area contributed by atoms with Gasteiger partial charge in [0.05, 0.1) is 0 Å². The number of hydrogen-bond donors (Lipinski definition) is 2. The Bertz CT molecular complexity index is 934. The Balaban J connectivity index is 1.26. The van der Waals surface area contributed by atoms with Gasteiger partial charge in [0.25, 0.3) is 5.91 Å². The normalized spacial score (nSPS) is 18.3. The summed E-state index contributed by atoms with van der Waals surface area (Å²) in [5, 5.41) is 6.79. The molecule has 2 N–H and O–H groups in total. The van der Waals surface area contributed by atoms with E-state index in [1.807, 2.05) is 18.2 Å². The van der Waals surface area contributed by atoms with Crippen LogP contribution in [0.5, 0.6) is 0 Å². The van der Waals surface area contributed by atoms with Crippen LogP contribution in [0.4, 0.5) is 5.69 Å². The van der Waals surface area contributed by atoms with E-state index < -0.39 is 0 Å². The van der Waals surface area contributed by atoms with Crippen LogP contribution in [0, 0.1) is 5.92 Å². The molecule has 1 heterocycles. The third-order valence-corrected chi connectivity index (χ3v) is 6.82. The average molecular weight is 454 g/mol. The summed E-state index contributed by atoms with van der Waals surface area (Å²) in [6.07, 6.45) is 7.86. The number of carbonyl (C=O) groups excluding carboxylic acids is 2. The minimum Gasteiger partial charge on any atom is -0.353 e. The van der Waals surface area contributed by atoms with Gasteiger partial charge in [0.15, 0.2) is 0 Å². The largest absolute Gasteiger partial charge is 0.353 e. The molecule has 0 spiro atoms. The summed E-state index contributed by atoms with van der Waals surface area (Å²) in [5.41, 5.74) is 2.46. The van der Waals surface area contributed by atoms with Crippen LogP contribution in [-0.4, -0.2) is 35.8 Å². The molecule has 1 saturated heterocycles. The van der Waals surface area contributed by atoms with Crippen molar-refractivity contribution in [1.82, 2.24) is 10.2 Å². The van der Waals surface area contributed by atoms with Crippen molar-refractivity contribution in [3.63, 3.8) is 0 Å². The summed E-state index contributed by atoms with van der Waals surface area (Å²) in [6.45, 7) is 2.65. The smallest absolute Gasteiger partial charge is 0.255 e. The Labute approximate surface area is 195 Å². The van der Waals surface area contributed by atoms with Gasteiger partial charge >= 0.3 is 0 Å². The molecule has 0 bridgehead atoms. The van der Waals surface area contributed by atoms with Crippen molar-refractivity contribution in [2.75, 3.05) is 18.4 Å². The molecule has 0 unspecified atom stereocenters. The number of rotatable bonds is 6. The Kier molecular flexibility index (Phi) is 7.82. The van der Waals surface area contributed by atoms with Crippen molar-refractivity contribution in [3.8, 4) is 0 Å². The molecule has 2 aromatic carbocycles. The lowest BCUT2D eigenvalue weighted by Crippen LogP contribution is -2.44. The molecule has 2 aliphatic rings. The molecule has 170 valence electrons. The number of hydrogen-bond acceptors (Lipinski definition) is 3. The number of nitrogens with one attached hydrogen (secondary N) is 2. The highest BCUT2D eigenvalue weighted by Crippen LogP contribution is 2.23. The van der Waals surface area contributed by atoms with Crippen LogP contribution >= 0.6 is 11.6 Å². The van der Waals surface area contributed by atoms with Crippen molar-refractivity contribution >= 4 is 29.1 Å². The van der Waals surface area contributed by atoms with Gasteiger partial charge in [-0.05, 0) is 74.7 Å². The molecule has 2 fully saturated rings. The van der Waals surface area contributed by atoms with Crippen LogP contribution in [0.15, 0.2) is 48.5 Å². The maximum atomic E-state index is 12.6. The van der Waals surface area contributed by atoms with Crippen LogP contribution in [0.1, 0.15) is 60.9 Å². The number of carbonyl (C=O) groups is 2. The van der Waals surface area contributed by atoms with Crippen LogP contribution in [0.3, 0.4) is 0 Å². The van der Waals surface area contributed by atoms with Gasteiger partial charge in [-0.1, -0.05) is 49.1 Å². The van der Waals surface area contributed by atoms with Gasteiger partial charge in [0, 0.05) is 34.8 Å². The van der Waals surface area contributed by atoms with E-state index in [2.05, 4.69) is 21.6 Å². The number of piperidine rings is 1. The number of anilines is 1. The quantitative estimate of drug-likeness (QED) is 0.627. The fourth-order valence-electron chi connectivity index (χ4n) is 4.76. The molecule has 1 aliphatic carbocycles. The number of likely N-dealkylation sites (tertiary alicyclic amines) is 1. The SMILES string of the molecule is O=C(Nc1cccc(CN2CCC(C(=O)NC3CCCCC3)CC2)c1)c1cccc(Cl)c1. The van der Waals surface area contributed by atoms with E-state index in [9.17, 15) is 9.59 Å². The zero-order chi connectivity index (χ0) is 22.3. The molecule has 0 radical (unpaired) electrons. The molecule has 0 aromatic heterocycles. The Morgan fingerprint density at radius 1 is 0.938 bits per heavy atom. The van der Waals surface area contributed by atoms with Crippen LogP contribution in [-0.2, 0) is 11.3 Å². The lowest BCUT2D eigenvalue weighted by molar-refractivity contribution is -0.127. The summed E-state index contributed by atoms with van der Waals surface area (Å²) < 4.78 is 0. The molecule has 0 atom stereocenters. The van der Waals surface area contributed by atoms with E-state index in [0.717, 1.165) is 56.6 Å². The Morgan fingerprint density at radius 3 is 2.44 bits per heavy atom. The van der Waals surface area contributed by atoms with Gasteiger partial charge in [-0.3, -0.25) is 14.5 Å². The molecule has 1 aliphatic heterocycles. The topological polar surface area (TPSA) is 61.4 Å². The van der Waals surface area contributed by atoms with Crippen molar-refractivity contribution in [2.24, 2.45) is 5.92 Å². The van der Waals surface area contributed by atoms with E-state index in [1.54, 1.807) is 24.3 Å². The fourth-order valence-corrected chi connectivity index (χ4v) is 4.95. The first-order valence-corrected chi connectivity index (χ1v) is 12.1. The number of halogens is 1. The maximum absolute atomic E-state index is 12.6. The summed E-state index contributed by atoms with van der Waals surface area (Å²) in [6, 6.07) is 15.3. The number of amides is 2. The van der Waals surface area contributed by atoms with E-state index in [-0.39, 0.29) is 17.7 Å². The van der Waals surface area contributed by atoms with Crippen molar-refractivity contribution in [2.45, 2.75) is 57.5 Å². The summed E-state index contributed by atoms with van der Waals surface area (Å²) in [4.78, 5) is 27.5. The molecule has 4 rings (SSSR count). The zero-order valence-corrected chi connectivity index (χ0v) is 19.2. The predicted octanol–water partition coefficient (Wildman–Crippen LogP) is 5.25. The molecule has 1 saturated carbocycles. The highest BCUT2D eigenvalue weighted by Gasteiger charge is 2.27. The van der Waals surface area contributed by atoms with E-state index in [4.69, 9.17) is 11.6 Å². The Morgan fingerprint density at radius 2 is 1.69 bits per heavy atom. The molecule has 2 aromatic rings. The van der Waals surface area contributed by atoms with Gasteiger partial charge in [0.1, 0.15) is 0 Å². The summed E-state index contributed by atoms with van der Waals surface area (Å²) >= 11 is 5.99. The second-order valence-corrected chi connectivity index (χ2v) is 9.50. The van der Waals surface area contributed by atoms with E-state index in [1.165, 1.54) is 19.3 Å². The standard InChI is InChI=1S/C26H32ClN3O2/c27-22-8-5-7-21(17-22)26(32)29-24-11-4-6-19(16-24)18-30-14-12-20(13-15-30)25(31)28-23-9-2-1-3-10-23/h4-8,11,16-17,20,23H,1-3,9-10,12-15,18H2,(H,28,31)(H,29,32). The third-order valence-electron chi connectivity index (χ3n) is 6.59. The summed E-state index contributed by atoms with van der Waals surface area (Å²) in [5.74, 6) is 0.216. The predicted molar refractivity (Wildman–Crippen MR) is 129 cm³/mol. The van der Waals surface area contributed by atoms with Gasteiger partial charge in [-0.2, -0.15) is 0 Å². The lowest BCUT2D eigenvalue weighted by atomic mass is 9.92. The van der Waals surface area contributed by atoms with Crippen LogP contribution in [0.2, 0.25) is 5.02 Å². The van der Waals surface area contributed by atoms with Crippen LogP contribution < -0.4 is 10.6 Å². The molecule has 32 heavy (non-hydrogen) atoms. The maximum Gasteiger partial charge on any atom is 0.255 e. The van der Waals surface area contributed by atoms with Gasteiger partial charge < -0.3 is 10.6 Å². The zero-order valence-electron chi connectivity index (χ0n) is 18.5. The second-order valence-electron chi connectivity index (χ2n) is 9.06. The first-order valence-electron chi connectivity index (χ1n) is 11.8. The Hall–Kier alpha value is -2.37. The minimum absolute atomic E-state index is 0.136. The highest BCUT2D eigenvalue weighted by molar-refractivity contribution is 6.31. The van der Waals surface area contributed by atoms with Gasteiger partial charge in [-0.15, -0.1) is 0 Å². The fraction of sp³-hybridized carbons (Fsp3) is 0.462. The third kappa shape index (κ3) is 6.33. The first-order chi connectivity index (χ1) is 15.6. The minimum atomic E-state index is -0.172. The number of nitrogens with zero attached hydrogens (tertiary/aromatic N) is 1. The molecular formula is C26H32ClN3O2. The monoisotopic (exact) mass is 453 g/mol. The second kappa shape index (κ2) is 11.0. The average Bonchev–Trinajstić information content (AvgIpc) is 2.80. The van der Waals surface area contributed by atoms with Crippen molar-refractivity contribution in [3.05, 3.63) is 64.7 Å². The van der Waals surface area contributed by atoms with E-state index >= 15 is 0 Å². The highest BCUT2D eigenvalue weighted by atomic mass is 35.5. The molecule has 2 amide bonds. The van der Waals surface area contributed by atoms with E-state index in [0.29, 0.717) is 16.6 Å². The van der Waals surface area contributed by atoms with Gasteiger partial charge in [-0.25, -0.2) is 0 Å². The van der Waals surface area contributed by atoms with Crippen molar-refractivity contribution < 1.29 is 9.59 Å². The molecular weight excluding hydrogens is 422 g/mol. The molecule has 6 heteroatoms. The van der Waals surface area contributed by atoms with Gasteiger partial charge in [0.2, 0.25) is 5.91 Å². The number of benzene rings is 2.